The minimum atomic E-state index is 0.109. The van der Waals surface area contributed by atoms with Crippen LogP contribution in [0.1, 0.15) is 54.4 Å². The van der Waals surface area contributed by atoms with E-state index in [0.29, 0.717) is 6.42 Å². The molecule has 0 N–H and O–H groups in total. The summed E-state index contributed by atoms with van der Waals surface area (Å²) in [5.74, 6) is 0.192. The summed E-state index contributed by atoms with van der Waals surface area (Å²) < 4.78 is 0. The summed E-state index contributed by atoms with van der Waals surface area (Å²) in [6.07, 6.45) is 5.59. The number of allylic oxidation sites excluding steroid dienone is 2. The molecule has 1 unspecified atom stereocenters. The van der Waals surface area contributed by atoms with Gasteiger partial charge in [-0.1, -0.05) is 26.3 Å². The minimum Gasteiger partial charge on any atom is -0.300 e. The number of Topliss-reactive ketones (excluding diaryl/α,β-unsaturated/α-hetero) is 1. The first-order valence-electron chi connectivity index (χ1n) is 5.63. The number of aliphatic imine (C=N–C) groups is 1. The van der Waals surface area contributed by atoms with Gasteiger partial charge in [0.1, 0.15) is 5.78 Å². The summed E-state index contributed by atoms with van der Waals surface area (Å²) in [7, 11) is 0. The average molecular weight is 211 g/mol. The molecule has 0 aromatic rings. The standard InChI is InChI=1S/C10H17NO.C3H8/c1-5-8(2)7-11-9(3)6-10(4)12;1-3-2/h5,7,9H,6H2,1-4H3;3H2,1-2H3/b8-5-,11-7?;. The minimum absolute atomic E-state index is 0.109. The van der Waals surface area contributed by atoms with Crippen LogP contribution >= 0.6 is 0 Å². The SMILES string of the molecule is C/C=C(/C)C=NC(C)CC(C)=O.CCC. The molecule has 1 atom stereocenters. The number of rotatable bonds is 4. The molecule has 2 heteroatoms. The maximum atomic E-state index is 10.7. The summed E-state index contributed by atoms with van der Waals surface area (Å²) in [5.41, 5.74) is 1.13. The van der Waals surface area contributed by atoms with E-state index in [2.05, 4.69) is 18.8 Å². The molecule has 0 fully saturated rings. The highest BCUT2D eigenvalue weighted by molar-refractivity contribution is 5.79. The summed E-state index contributed by atoms with van der Waals surface area (Å²) in [6.45, 7) is 11.7. The van der Waals surface area contributed by atoms with E-state index in [1.807, 2.05) is 33.1 Å². The smallest absolute Gasteiger partial charge is 0.131 e. The Kier molecular flexibility index (Phi) is 12.3. The van der Waals surface area contributed by atoms with Crippen LogP contribution in [0.3, 0.4) is 0 Å². The number of ketones is 1. The summed E-state index contributed by atoms with van der Waals surface area (Å²) in [6, 6.07) is 0.109. The van der Waals surface area contributed by atoms with Gasteiger partial charge in [0.05, 0.1) is 6.04 Å². The molecular formula is C13H25NO. The molecule has 88 valence electrons. The lowest BCUT2D eigenvalue weighted by Gasteiger charge is -2.01. The number of hydrogen-bond acceptors (Lipinski definition) is 2. The van der Waals surface area contributed by atoms with E-state index in [1.54, 1.807) is 6.92 Å². The number of carbonyl (C=O) groups excluding carboxylic acids is 1. The lowest BCUT2D eigenvalue weighted by atomic mass is 10.2. The van der Waals surface area contributed by atoms with Crippen molar-refractivity contribution in [3.8, 4) is 0 Å². The molecule has 0 aliphatic carbocycles. The third-order valence-electron chi connectivity index (χ3n) is 1.57. The van der Waals surface area contributed by atoms with Crippen LogP contribution in [0.15, 0.2) is 16.6 Å². The van der Waals surface area contributed by atoms with Crippen molar-refractivity contribution in [3.63, 3.8) is 0 Å². The molecule has 0 aromatic heterocycles. The Balaban J connectivity index is 0. The van der Waals surface area contributed by atoms with Gasteiger partial charge in [0, 0.05) is 12.6 Å². The van der Waals surface area contributed by atoms with Crippen LogP contribution in [0.4, 0.5) is 0 Å². The van der Waals surface area contributed by atoms with E-state index in [1.165, 1.54) is 6.42 Å². The van der Waals surface area contributed by atoms with Gasteiger partial charge < -0.3 is 0 Å². The second-order valence-electron chi connectivity index (χ2n) is 3.77. The first-order chi connectivity index (χ1) is 6.97. The van der Waals surface area contributed by atoms with Gasteiger partial charge in [-0.25, -0.2) is 0 Å². The Labute approximate surface area is 94.5 Å². The zero-order valence-electron chi connectivity index (χ0n) is 11.0. The van der Waals surface area contributed by atoms with Crippen molar-refractivity contribution in [3.05, 3.63) is 11.6 Å². The molecule has 0 saturated carbocycles. The van der Waals surface area contributed by atoms with Crippen molar-refractivity contribution in [2.75, 3.05) is 0 Å². The van der Waals surface area contributed by atoms with Gasteiger partial charge in [0.2, 0.25) is 0 Å². The Bertz CT molecular complexity index is 217. The third-order valence-corrected chi connectivity index (χ3v) is 1.57. The van der Waals surface area contributed by atoms with Crippen molar-refractivity contribution in [1.82, 2.24) is 0 Å². The first-order valence-corrected chi connectivity index (χ1v) is 5.63. The van der Waals surface area contributed by atoms with E-state index >= 15 is 0 Å². The van der Waals surface area contributed by atoms with E-state index in [0.717, 1.165) is 5.57 Å². The van der Waals surface area contributed by atoms with E-state index in [9.17, 15) is 4.79 Å². The van der Waals surface area contributed by atoms with Crippen LogP contribution in [0.5, 0.6) is 0 Å². The molecule has 0 rings (SSSR count). The fourth-order valence-electron chi connectivity index (χ4n) is 0.788. The van der Waals surface area contributed by atoms with Gasteiger partial charge in [-0.15, -0.1) is 0 Å². The molecule has 0 amide bonds. The highest BCUT2D eigenvalue weighted by Crippen LogP contribution is 1.98. The van der Waals surface area contributed by atoms with Crippen LogP contribution in [-0.2, 0) is 4.79 Å². The molecule has 0 bridgehead atoms. The van der Waals surface area contributed by atoms with Gasteiger partial charge in [0.15, 0.2) is 0 Å². The first kappa shape index (κ1) is 16.5. The maximum Gasteiger partial charge on any atom is 0.131 e. The highest BCUT2D eigenvalue weighted by Gasteiger charge is 2.00. The zero-order valence-corrected chi connectivity index (χ0v) is 11.0. The molecule has 2 nitrogen and oxygen atoms in total. The molecule has 0 aromatic carbocycles. The predicted molar refractivity (Wildman–Crippen MR) is 68.6 cm³/mol. The van der Waals surface area contributed by atoms with E-state index in [4.69, 9.17) is 0 Å². The zero-order chi connectivity index (χ0) is 12.3. The van der Waals surface area contributed by atoms with Gasteiger partial charge in [-0.2, -0.15) is 0 Å². The molecule has 0 heterocycles. The van der Waals surface area contributed by atoms with E-state index in [-0.39, 0.29) is 11.8 Å². The highest BCUT2D eigenvalue weighted by atomic mass is 16.1. The normalized spacial score (nSPS) is 13.3. The van der Waals surface area contributed by atoms with Crippen molar-refractivity contribution in [2.24, 2.45) is 4.99 Å². The molecule has 0 saturated heterocycles. The number of carbonyl (C=O) groups is 1. The van der Waals surface area contributed by atoms with Gasteiger partial charge >= 0.3 is 0 Å². The van der Waals surface area contributed by atoms with Crippen LogP contribution in [0.2, 0.25) is 0 Å². The molecule has 0 radical (unpaired) electrons. The van der Waals surface area contributed by atoms with Crippen molar-refractivity contribution >= 4 is 12.0 Å². The second kappa shape index (κ2) is 11.2. The lowest BCUT2D eigenvalue weighted by molar-refractivity contribution is -0.117. The van der Waals surface area contributed by atoms with Crippen LogP contribution in [0, 0.1) is 0 Å². The average Bonchev–Trinajstić information content (AvgIpc) is 2.14. The van der Waals surface area contributed by atoms with Crippen molar-refractivity contribution in [1.29, 1.82) is 0 Å². The van der Waals surface area contributed by atoms with Crippen LogP contribution < -0.4 is 0 Å². The van der Waals surface area contributed by atoms with Gasteiger partial charge in [0.25, 0.3) is 0 Å². The summed E-state index contributed by atoms with van der Waals surface area (Å²) in [4.78, 5) is 14.9. The van der Waals surface area contributed by atoms with Crippen molar-refractivity contribution < 1.29 is 4.79 Å². The molecular weight excluding hydrogens is 186 g/mol. The van der Waals surface area contributed by atoms with Crippen LogP contribution in [0.25, 0.3) is 0 Å². The van der Waals surface area contributed by atoms with E-state index < -0.39 is 0 Å². The van der Waals surface area contributed by atoms with Crippen LogP contribution in [-0.4, -0.2) is 18.0 Å². The predicted octanol–water partition coefficient (Wildman–Crippen LogP) is 3.81. The number of hydrogen-bond donors (Lipinski definition) is 0. The quantitative estimate of drug-likeness (QED) is 0.650. The number of nitrogens with zero attached hydrogens (tertiary/aromatic N) is 1. The Morgan fingerprint density at radius 2 is 1.80 bits per heavy atom. The fourth-order valence-corrected chi connectivity index (χ4v) is 0.788. The summed E-state index contributed by atoms with van der Waals surface area (Å²) >= 11 is 0. The topological polar surface area (TPSA) is 29.4 Å². The monoisotopic (exact) mass is 211 g/mol. The third kappa shape index (κ3) is 15.8. The summed E-state index contributed by atoms with van der Waals surface area (Å²) in [5, 5.41) is 0. The largest absolute Gasteiger partial charge is 0.300 e. The fraction of sp³-hybridized carbons (Fsp3) is 0.692. The molecule has 0 aliphatic rings. The van der Waals surface area contributed by atoms with Gasteiger partial charge in [-0.05, 0) is 33.3 Å². The molecule has 0 spiro atoms. The maximum absolute atomic E-state index is 10.7. The molecule has 0 aliphatic heterocycles. The molecule has 15 heavy (non-hydrogen) atoms. The van der Waals surface area contributed by atoms with Crippen molar-refractivity contribution in [2.45, 2.75) is 60.4 Å². The Morgan fingerprint density at radius 3 is 2.13 bits per heavy atom. The lowest BCUT2D eigenvalue weighted by Crippen LogP contribution is -2.04. The second-order valence-corrected chi connectivity index (χ2v) is 3.77. The van der Waals surface area contributed by atoms with Gasteiger partial charge in [-0.3, -0.25) is 9.79 Å². The Morgan fingerprint density at radius 1 is 1.33 bits per heavy atom. The Hall–Kier alpha value is -0.920.